The smallest absolute Gasteiger partial charge is 0.254 e. The Morgan fingerprint density at radius 2 is 1.66 bits per heavy atom. The molecule has 29 heavy (non-hydrogen) atoms. The van der Waals surface area contributed by atoms with E-state index in [0.717, 1.165) is 28.8 Å². The van der Waals surface area contributed by atoms with Crippen molar-refractivity contribution in [1.82, 2.24) is 4.90 Å². The van der Waals surface area contributed by atoms with E-state index in [0.29, 0.717) is 18.5 Å². The minimum atomic E-state index is -3.09. The SMILES string of the molecule is CCN(CC)c1ccc(CN(C(=O)c2ccc(Br)cc2)[C@H]2CCS(=O)(=O)C2)cc1. The quantitative estimate of drug-likeness (QED) is 0.600. The summed E-state index contributed by atoms with van der Waals surface area (Å²) in [5.41, 5.74) is 2.71. The minimum Gasteiger partial charge on any atom is -0.372 e. The van der Waals surface area contributed by atoms with E-state index in [2.05, 4.69) is 46.8 Å². The maximum atomic E-state index is 13.2. The van der Waals surface area contributed by atoms with E-state index in [-0.39, 0.29) is 23.5 Å². The third-order valence-electron chi connectivity index (χ3n) is 5.42. The molecule has 1 amide bonds. The first-order chi connectivity index (χ1) is 13.8. The zero-order chi connectivity index (χ0) is 21.0. The fourth-order valence-corrected chi connectivity index (χ4v) is 5.74. The Kier molecular flexibility index (Phi) is 7.01. The van der Waals surface area contributed by atoms with Crippen molar-refractivity contribution in [1.29, 1.82) is 0 Å². The van der Waals surface area contributed by atoms with Crippen molar-refractivity contribution in [2.24, 2.45) is 0 Å². The molecule has 1 atom stereocenters. The van der Waals surface area contributed by atoms with Crippen LogP contribution in [-0.4, -0.2) is 49.9 Å². The van der Waals surface area contributed by atoms with Gasteiger partial charge in [-0.15, -0.1) is 0 Å². The van der Waals surface area contributed by atoms with E-state index in [1.807, 2.05) is 24.3 Å². The molecular formula is C22H27BrN2O3S. The largest absolute Gasteiger partial charge is 0.372 e. The molecule has 0 N–H and O–H groups in total. The number of rotatable bonds is 7. The number of carbonyl (C=O) groups is 1. The van der Waals surface area contributed by atoms with Crippen LogP contribution in [0.4, 0.5) is 5.69 Å². The summed E-state index contributed by atoms with van der Waals surface area (Å²) in [6.45, 7) is 6.51. The van der Waals surface area contributed by atoms with Crippen molar-refractivity contribution in [2.45, 2.75) is 32.9 Å². The molecule has 0 aliphatic carbocycles. The number of anilines is 1. The maximum absolute atomic E-state index is 13.2. The van der Waals surface area contributed by atoms with Gasteiger partial charge in [-0.25, -0.2) is 8.42 Å². The number of nitrogens with zero attached hydrogens (tertiary/aromatic N) is 2. The summed E-state index contributed by atoms with van der Waals surface area (Å²) in [5, 5.41) is 0. The standard InChI is InChI=1S/C22H27BrN2O3S/c1-3-24(4-2)20-11-5-17(6-12-20)15-25(21-13-14-29(27,28)16-21)22(26)18-7-9-19(23)10-8-18/h5-12,21H,3-4,13-16H2,1-2H3/t21-/m0/s1. The second-order valence-electron chi connectivity index (χ2n) is 7.34. The molecular weight excluding hydrogens is 452 g/mol. The van der Waals surface area contributed by atoms with Crippen LogP contribution in [0.1, 0.15) is 36.2 Å². The van der Waals surface area contributed by atoms with Crippen molar-refractivity contribution in [3.63, 3.8) is 0 Å². The maximum Gasteiger partial charge on any atom is 0.254 e. The number of hydrogen-bond donors (Lipinski definition) is 0. The lowest BCUT2D eigenvalue weighted by Crippen LogP contribution is -2.40. The number of halogens is 1. The van der Waals surface area contributed by atoms with Crippen molar-refractivity contribution < 1.29 is 13.2 Å². The highest BCUT2D eigenvalue weighted by Gasteiger charge is 2.35. The molecule has 0 saturated carbocycles. The molecule has 1 saturated heterocycles. The lowest BCUT2D eigenvalue weighted by atomic mass is 10.1. The summed E-state index contributed by atoms with van der Waals surface area (Å²) >= 11 is 3.39. The van der Waals surface area contributed by atoms with Crippen LogP contribution in [0, 0.1) is 0 Å². The summed E-state index contributed by atoms with van der Waals surface area (Å²) in [7, 11) is -3.09. The van der Waals surface area contributed by atoms with Crippen LogP contribution in [-0.2, 0) is 16.4 Å². The van der Waals surface area contributed by atoms with Crippen LogP contribution in [0.5, 0.6) is 0 Å². The number of sulfone groups is 1. The summed E-state index contributed by atoms with van der Waals surface area (Å²) in [5.74, 6) is 0.0441. The molecule has 1 heterocycles. The van der Waals surface area contributed by atoms with E-state index in [9.17, 15) is 13.2 Å². The average molecular weight is 479 g/mol. The third-order valence-corrected chi connectivity index (χ3v) is 7.70. The van der Waals surface area contributed by atoms with Gasteiger partial charge in [-0.05, 0) is 62.2 Å². The molecule has 0 unspecified atom stereocenters. The van der Waals surface area contributed by atoms with Gasteiger partial charge in [-0.3, -0.25) is 4.79 Å². The Morgan fingerprint density at radius 3 is 2.17 bits per heavy atom. The first kappa shape index (κ1) is 21.8. The molecule has 7 heteroatoms. The van der Waals surface area contributed by atoms with Gasteiger partial charge in [0.15, 0.2) is 9.84 Å². The first-order valence-corrected chi connectivity index (χ1v) is 12.5. The first-order valence-electron chi connectivity index (χ1n) is 9.93. The van der Waals surface area contributed by atoms with Crippen LogP contribution < -0.4 is 4.90 Å². The fraction of sp³-hybridized carbons (Fsp3) is 0.409. The van der Waals surface area contributed by atoms with Crippen LogP contribution in [0.25, 0.3) is 0 Å². The molecule has 2 aromatic carbocycles. The molecule has 0 radical (unpaired) electrons. The monoisotopic (exact) mass is 478 g/mol. The Balaban J connectivity index is 1.85. The van der Waals surface area contributed by atoms with Crippen LogP contribution in [0.3, 0.4) is 0 Å². The molecule has 156 valence electrons. The number of amides is 1. The summed E-state index contributed by atoms with van der Waals surface area (Å²) in [4.78, 5) is 17.2. The van der Waals surface area contributed by atoms with E-state index in [4.69, 9.17) is 0 Å². The second-order valence-corrected chi connectivity index (χ2v) is 10.5. The van der Waals surface area contributed by atoms with E-state index < -0.39 is 9.84 Å². The molecule has 1 aliphatic rings. The lowest BCUT2D eigenvalue weighted by Gasteiger charge is -2.29. The van der Waals surface area contributed by atoms with E-state index >= 15 is 0 Å². The van der Waals surface area contributed by atoms with Crippen LogP contribution in [0.15, 0.2) is 53.0 Å². The van der Waals surface area contributed by atoms with Crippen molar-refractivity contribution in [3.8, 4) is 0 Å². The molecule has 0 aromatic heterocycles. The Morgan fingerprint density at radius 1 is 1.03 bits per heavy atom. The summed E-state index contributed by atoms with van der Waals surface area (Å²) < 4.78 is 25.0. The molecule has 3 rings (SSSR count). The summed E-state index contributed by atoms with van der Waals surface area (Å²) in [6, 6.07) is 15.1. The van der Waals surface area contributed by atoms with Gasteiger partial charge in [0.25, 0.3) is 5.91 Å². The molecule has 0 spiro atoms. The minimum absolute atomic E-state index is 0.0345. The Labute approximate surface area is 181 Å². The highest BCUT2D eigenvalue weighted by atomic mass is 79.9. The van der Waals surface area contributed by atoms with Gasteiger partial charge in [0, 0.05) is 41.4 Å². The molecule has 5 nitrogen and oxygen atoms in total. The van der Waals surface area contributed by atoms with Gasteiger partial charge < -0.3 is 9.80 Å². The van der Waals surface area contributed by atoms with Gasteiger partial charge in [0.1, 0.15) is 0 Å². The van der Waals surface area contributed by atoms with Gasteiger partial charge >= 0.3 is 0 Å². The van der Waals surface area contributed by atoms with E-state index in [1.54, 1.807) is 17.0 Å². The fourth-order valence-electron chi connectivity index (χ4n) is 3.74. The molecule has 0 bridgehead atoms. The molecule has 1 aliphatic heterocycles. The summed E-state index contributed by atoms with van der Waals surface area (Å²) in [6.07, 6.45) is 0.488. The topological polar surface area (TPSA) is 57.7 Å². The van der Waals surface area contributed by atoms with Crippen molar-refractivity contribution in [2.75, 3.05) is 29.5 Å². The zero-order valence-electron chi connectivity index (χ0n) is 16.8. The zero-order valence-corrected chi connectivity index (χ0v) is 19.2. The van der Waals surface area contributed by atoms with Gasteiger partial charge in [-0.2, -0.15) is 0 Å². The highest BCUT2D eigenvalue weighted by Crippen LogP contribution is 2.24. The number of carbonyl (C=O) groups excluding carboxylic acids is 1. The highest BCUT2D eigenvalue weighted by molar-refractivity contribution is 9.10. The van der Waals surface area contributed by atoms with Gasteiger partial charge in [-0.1, -0.05) is 28.1 Å². The van der Waals surface area contributed by atoms with Gasteiger partial charge in [0.05, 0.1) is 11.5 Å². The Bertz CT molecular complexity index is 939. The normalized spacial score (nSPS) is 17.8. The Hall–Kier alpha value is -1.86. The van der Waals surface area contributed by atoms with Crippen LogP contribution >= 0.6 is 15.9 Å². The molecule has 1 fully saturated rings. The second kappa shape index (κ2) is 9.30. The van der Waals surface area contributed by atoms with Crippen molar-refractivity contribution >= 4 is 37.4 Å². The van der Waals surface area contributed by atoms with Gasteiger partial charge in [0.2, 0.25) is 0 Å². The lowest BCUT2D eigenvalue weighted by molar-refractivity contribution is 0.0681. The van der Waals surface area contributed by atoms with Crippen molar-refractivity contribution in [3.05, 3.63) is 64.1 Å². The third kappa shape index (κ3) is 5.39. The molecule has 2 aromatic rings. The predicted octanol–water partition coefficient (Wildman–Crippen LogP) is 4.12. The van der Waals surface area contributed by atoms with E-state index in [1.165, 1.54) is 0 Å². The van der Waals surface area contributed by atoms with Crippen LogP contribution in [0.2, 0.25) is 0 Å². The number of hydrogen-bond acceptors (Lipinski definition) is 4. The predicted molar refractivity (Wildman–Crippen MR) is 121 cm³/mol. The average Bonchev–Trinajstić information content (AvgIpc) is 3.07. The number of benzene rings is 2.